The van der Waals surface area contributed by atoms with Gasteiger partial charge in [-0.2, -0.15) is 0 Å². The summed E-state index contributed by atoms with van der Waals surface area (Å²) in [6.45, 7) is 3.03. The zero-order valence-electron chi connectivity index (χ0n) is 17.8. The molecule has 0 aromatic heterocycles. The summed E-state index contributed by atoms with van der Waals surface area (Å²) in [5.41, 5.74) is 1.38. The van der Waals surface area contributed by atoms with Crippen LogP contribution < -0.4 is 15.4 Å². The van der Waals surface area contributed by atoms with Gasteiger partial charge in [0.1, 0.15) is 18.5 Å². The van der Waals surface area contributed by atoms with E-state index in [4.69, 9.17) is 21.1 Å². The monoisotopic (exact) mass is 459 g/mol. The maximum Gasteiger partial charge on any atom is 0.251 e. The summed E-state index contributed by atoms with van der Waals surface area (Å²) in [4.78, 5) is 38.1. The molecule has 3 amide bonds. The lowest BCUT2D eigenvalue weighted by Crippen LogP contribution is -2.51. The summed E-state index contributed by atoms with van der Waals surface area (Å²) in [6.07, 6.45) is -0.274. The second-order valence-electron chi connectivity index (χ2n) is 7.38. The Morgan fingerprint density at radius 3 is 2.66 bits per heavy atom. The van der Waals surface area contributed by atoms with Crippen molar-refractivity contribution in [2.75, 3.05) is 39.4 Å². The van der Waals surface area contributed by atoms with Gasteiger partial charge in [0.05, 0.1) is 26.2 Å². The molecular formula is C23H26ClN3O5. The van der Waals surface area contributed by atoms with Crippen molar-refractivity contribution < 1.29 is 23.9 Å². The van der Waals surface area contributed by atoms with Crippen molar-refractivity contribution in [3.8, 4) is 5.75 Å². The Morgan fingerprint density at radius 2 is 1.91 bits per heavy atom. The van der Waals surface area contributed by atoms with E-state index in [1.165, 1.54) is 0 Å². The minimum Gasteiger partial charge on any atom is -0.491 e. The number of nitrogens with zero attached hydrogens (tertiary/aromatic N) is 1. The van der Waals surface area contributed by atoms with Gasteiger partial charge < -0.3 is 25.0 Å². The average molecular weight is 460 g/mol. The van der Waals surface area contributed by atoms with Crippen molar-refractivity contribution >= 4 is 29.3 Å². The number of rotatable bonds is 8. The number of ether oxygens (including phenoxy) is 2. The fraction of sp³-hybridized carbons (Fsp3) is 0.348. The minimum absolute atomic E-state index is 0.149. The minimum atomic E-state index is -0.436. The van der Waals surface area contributed by atoms with E-state index in [1.54, 1.807) is 47.4 Å². The third-order valence-corrected chi connectivity index (χ3v) is 5.36. The fourth-order valence-electron chi connectivity index (χ4n) is 3.14. The van der Waals surface area contributed by atoms with Gasteiger partial charge in [0.25, 0.3) is 5.91 Å². The first-order valence-electron chi connectivity index (χ1n) is 10.3. The molecule has 1 saturated heterocycles. The number of carbonyl (C=O) groups is 3. The molecule has 2 N–H and O–H groups in total. The number of carbonyl (C=O) groups excluding carboxylic acids is 3. The first kappa shape index (κ1) is 23.6. The molecule has 0 spiro atoms. The van der Waals surface area contributed by atoms with Gasteiger partial charge in [-0.25, -0.2) is 0 Å². The lowest BCUT2D eigenvalue weighted by atomic mass is 10.2. The molecule has 2 aromatic carbocycles. The van der Waals surface area contributed by atoms with E-state index in [2.05, 4.69) is 10.6 Å². The molecule has 8 nitrogen and oxygen atoms in total. The molecule has 0 unspecified atom stereocenters. The number of hydrogen-bond donors (Lipinski definition) is 2. The molecule has 32 heavy (non-hydrogen) atoms. The molecule has 2 aromatic rings. The molecule has 1 aliphatic heterocycles. The highest BCUT2D eigenvalue weighted by Gasteiger charge is 2.25. The van der Waals surface area contributed by atoms with E-state index >= 15 is 0 Å². The third-order valence-electron chi connectivity index (χ3n) is 4.94. The van der Waals surface area contributed by atoms with Gasteiger partial charge in [-0.3, -0.25) is 14.4 Å². The summed E-state index contributed by atoms with van der Waals surface area (Å²) in [6, 6.07) is 14.0. The standard InChI is InChI=1S/C23H26ClN3O5/c1-16-11-18(7-8-20(16)24)32-15-19-14-27(9-10-31-19)22(29)13-25-21(28)12-26-23(30)17-5-3-2-4-6-17/h2-8,11,19H,9-10,12-15H2,1H3,(H,25,28)(H,26,30)/t19-/m0/s1. The largest absolute Gasteiger partial charge is 0.491 e. The molecule has 0 saturated carbocycles. The first-order chi connectivity index (χ1) is 15.4. The molecule has 0 aliphatic carbocycles. The van der Waals surface area contributed by atoms with Gasteiger partial charge in [-0.1, -0.05) is 29.8 Å². The lowest BCUT2D eigenvalue weighted by Gasteiger charge is -2.33. The normalized spacial score (nSPS) is 15.7. The lowest BCUT2D eigenvalue weighted by molar-refractivity contribution is -0.140. The number of hydrogen-bond acceptors (Lipinski definition) is 5. The van der Waals surface area contributed by atoms with Crippen LogP contribution in [0.25, 0.3) is 0 Å². The predicted octanol–water partition coefficient (Wildman–Crippen LogP) is 1.80. The molecule has 0 bridgehead atoms. The van der Waals surface area contributed by atoms with E-state index < -0.39 is 5.91 Å². The molecule has 170 valence electrons. The van der Waals surface area contributed by atoms with Gasteiger partial charge in [0.15, 0.2) is 0 Å². The smallest absolute Gasteiger partial charge is 0.251 e. The predicted molar refractivity (Wildman–Crippen MR) is 120 cm³/mol. The van der Waals surface area contributed by atoms with E-state index in [1.807, 2.05) is 13.0 Å². The van der Waals surface area contributed by atoms with Crippen LogP contribution in [0.5, 0.6) is 5.75 Å². The second-order valence-corrected chi connectivity index (χ2v) is 7.79. The fourth-order valence-corrected chi connectivity index (χ4v) is 3.26. The number of aryl methyl sites for hydroxylation is 1. The zero-order valence-corrected chi connectivity index (χ0v) is 18.6. The second kappa shape index (κ2) is 11.5. The number of benzene rings is 2. The van der Waals surface area contributed by atoms with Crippen molar-refractivity contribution in [3.05, 3.63) is 64.7 Å². The van der Waals surface area contributed by atoms with Crippen LogP contribution in [-0.4, -0.2) is 68.1 Å². The van der Waals surface area contributed by atoms with Gasteiger partial charge in [-0.05, 0) is 42.8 Å². The Morgan fingerprint density at radius 1 is 1.12 bits per heavy atom. The maximum absolute atomic E-state index is 12.5. The van der Waals surface area contributed by atoms with Crippen molar-refractivity contribution in [2.45, 2.75) is 13.0 Å². The number of morpholine rings is 1. The molecule has 1 fully saturated rings. The van der Waals surface area contributed by atoms with Crippen LogP contribution in [0, 0.1) is 6.92 Å². The Labute approximate surface area is 191 Å². The first-order valence-corrected chi connectivity index (χ1v) is 10.7. The molecule has 1 aliphatic rings. The van der Waals surface area contributed by atoms with Crippen LogP contribution in [0.2, 0.25) is 5.02 Å². The molecule has 1 atom stereocenters. The van der Waals surface area contributed by atoms with E-state index in [0.29, 0.717) is 42.6 Å². The zero-order chi connectivity index (χ0) is 22.9. The highest BCUT2D eigenvalue weighted by Crippen LogP contribution is 2.21. The summed E-state index contributed by atoms with van der Waals surface area (Å²) in [5, 5.41) is 5.74. The summed E-state index contributed by atoms with van der Waals surface area (Å²) in [5.74, 6) is -0.319. The highest BCUT2D eigenvalue weighted by atomic mass is 35.5. The summed E-state index contributed by atoms with van der Waals surface area (Å²) >= 11 is 6.02. The van der Waals surface area contributed by atoms with Crippen LogP contribution in [0.3, 0.4) is 0 Å². The van der Waals surface area contributed by atoms with Crippen LogP contribution in [0.15, 0.2) is 48.5 Å². The Balaban J connectivity index is 1.38. The number of amides is 3. The van der Waals surface area contributed by atoms with Crippen molar-refractivity contribution in [1.29, 1.82) is 0 Å². The highest BCUT2D eigenvalue weighted by molar-refractivity contribution is 6.31. The quantitative estimate of drug-likeness (QED) is 0.627. The molecular weight excluding hydrogens is 434 g/mol. The van der Waals surface area contributed by atoms with Crippen LogP contribution in [0.1, 0.15) is 15.9 Å². The Kier molecular flexibility index (Phi) is 8.47. The van der Waals surface area contributed by atoms with Crippen LogP contribution in [-0.2, 0) is 14.3 Å². The summed E-state index contributed by atoms with van der Waals surface area (Å²) in [7, 11) is 0. The van der Waals surface area contributed by atoms with Crippen molar-refractivity contribution in [2.24, 2.45) is 0 Å². The molecule has 1 heterocycles. The van der Waals surface area contributed by atoms with Crippen molar-refractivity contribution in [3.63, 3.8) is 0 Å². The van der Waals surface area contributed by atoms with Gasteiger partial charge in [-0.15, -0.1) is 0 Å². The van der Waals surface area contributed by atoms with Gasteiger partial charge in [0.2, 0.25) is 11.8 Å². The van der Waals surface area contributed by atoms with Gasteiger partial charge >= 0.3 is 0 Å². The number of nitrogens with one attached hydrogen (secondary N) is 2. The third kappa shape index (κ3) is 6.96. The Bertz CT molecular complexity index is 954. The Hall–Kier alpha value is -3.10. The molecule has 0 radical (unpaired) electrons. The SMILES string of the molecule is Cc1cc(OC[C@@H]2CN(C(=O)CNC(=O)CNC(=O)c3ccccc3)CCO2)ccc1Cl. The number of halogens is 1. The van der Waals surface area contributed by atoms with E-state index in [0.717, 1.165) is 5.56 Å². The van der Waals surface area contributed by atoms with Crippen LogP contribution >= 0.6 is 11.6 Å². The van der Waals surface area contributed by atoms with Crippen molar-refractivity contribution in [1.82, 2.24) is 15.5 Å². The average Bonchev–Trinajstić information content (AvgIpc) is 2.82. The maximum atomic E-state index is 12.5. The molecule has 9 heteroatoms. The van der Waals surface area contributed by atoms with E-state index in [-0.39, 0.29) is 31.0 Å². The van der Waals surface area contributed by atoms with Gasteiger partial charge in [0, 0.05) is 17.1 Å². The topological polar surface area (TPSA) is 97.0 Å². The molecule has 3 rings (SSSR count). The van der Waals surface area contributed by atoms with Crippen LogP contribution in [0.4, 0.5) is 0 Å². The summed E-state index contributed by atoms with van der Waals surface area (Å²) < 4.78 is 11.5. The van der Waals surface area contributed by atoms with E-state index in [9.17, 15) is 14.4 Å².